The minimum atomic E-state index is 0.308. The van der Waals surface area contributed by atoms with E-state index in [1.807, 2.05) is 18.7 Å². The number of aryl methyl sites for hydroxylation is 2. The lowest BCUT2D eigenvalue weighted by Crippen LogP contribution is -2.37. The molecule has 0 unspecified atom stereocenters. The summed E-state index contributed by atoms with van der Waals surface area (Å²) in [6, 6.07) is 0. The molecule has 0 spiro atoms. The number of ether oxygens (including phenoxy) is 1. The number of rotatable bonds is 3. The van der Waals surface area contributed by atoms with Gasteiger partial charge in [0.2, 0.25) is 0 Å². The first-order valence-corrected chi connectivity index (χ1v) is 9.06. The Morgan fingerprint density at radius 1 is 1.42 bits per heavy atom. The minimum Gasteiger partial charge on any atom is -0.381 e. The maximum atomic E-state index is 7.56. The van der Waals surface area contributed by atoms with E-state index in [4.69, 9.17) is 15.1 Å². The number of aromatic amines is 1. The van der Waals surface area contributed by atoms with Crippen LogP contribution in [0.1, 0.15) is 46.5 Å². The molecule has 2 aliphatic rings. The Hall–Kier alpha value is -2.48. The van der Waals surface area contributed by atoms with Crippen molar-refractivity contribution in [3.8, 4) is 0 Å². The van der Waals surface area contributed by atoms with Crippen molar-refractivity contribution in [2.45, 2.75) is 39.2 Å². The van der Waals surface area contributed by atoms with Gasteiger partial charge in [-0.2, -0.15) is 5.10 Å². The first-order chi connectivity index (χ1) is 12.6. The third-order valence-electron chi connectivity index (χ3n) is 5.40. The van der Waals surface area contributed by atoms with Crippen molar-refractivity contribution in [1.29, 1.82) is 5.41 Å². The number of hydrogen-bond donors (Lipinski definition) is 2. The number of H-pyrrole nitrogens is 1. The van der Waals surface area contributed by atoms with Crippen LogP contribution in [-0.2, 0) is 24.8 Å². The van der Waals surface area contributed by atoms with E-state index in [2.05, 4.69) is 26.9 Å². The normalized spacial score (nSPS) is 20.5. The predicted molar refractivity (Wildman–Crippen MR) is 98.9 cm³/mol. The van der Waals surface area contributed by atoms with Crippen LogP contribution in [0.3, 0.4) is 0 Å². The van der Waals surface area contributed by atoms with Crippen molar-refractivity contribution in [2.24, 2.45) is 12.0 Å². The summed E-state index contributed by atoms with van der Waals surface area (Å²) >= 11 is 0. The van der Waals surface area contributed by atoms with Crippen molar-refractivity contribution < 1.29 is 4.74 Å². The summed E-state index contributed by atoms with van der Waals surface area (Å²) < 4.78 is 7.51. The zero-order chi connectivity index (χ0) is 18.3. The second kappa shape index (κ2) is 6.68. The van der Waals surface area contributed by atoms with E-state index in [0.29, 0.717) is 12.5 Å². The van der Waals surface area contributed by atoms with Crippen LogP contribution in [0.15, 0.2) is 4.99 Å². The molecule has 138 valence electrons. The number of amidine groups is 1. The average Bonchev–Trinajstić information content (AvgIpc) is 3.34. The van der Waals surface area contributed by atoms with Crippen molar-refractivity contribution in [2.75, 3.05) is 19.8 Å². The molecular weight excluding hydrogens is 330 g/mol. The summed E-state index contributed by atoms with van der Waals surface area (Å²) in [5, 5.41) is 12.2. The van der Waals surface area contributed by atoms with Crippen LogP contribution in [0, 0.1) is 19.3 Å². The number of nitrogens with zero attached hydrogens (tertiary/aromatic N) is 5. The van der Waals surface area contributed by atoms with Crippen LogP contribution in [0.5, 0.6) is 0 Å². The maximum Gasteiger partial charge on any atom is 0.158 e. The largest absolute Gasteiger partial charge is 0.381 e. The Kier molecular flexibility index (Phi) is 4.36. The highest BCUT2D eigenvalue weighted by Crippen LogP contribution is 2.29. The summed E-state index contributed by atoms with van der Waals surface area (Å²) in [7, 11) is 1.99. The van der Waals surface area contributed by atoms with Gasteiger partial charge < -0.3 is 14.6 Å². The van der Waals surface area contributed by atoms with Gasteiger partial charge in [-0.3, -0.25) is 10.1 Å². The molecule has 2 aliphatic heterocycles. The Morgan fingerprint density at radius 3 is 3.00 bits per heavy atom. The van der Waals surface area contributed by atoms with E-state index in [1.54, 1.807) is 0 Å². The molecule has 0 bridgehead atoms. The summed E-state index contributed by atoms with van der Waals surface area (Å²) in [4.78, 5) is 14.8. The standard InChI is InChI=1S/C18H25N7O/c1-11-14-8-25(6-4-15(14)23-24(11)3)18(20-10-19)17-16(21-12(2)22-17)13-5-7-26-9-13/h10,13,19H,4-9H2,1-3H3,(H,21,22)/t13-/m1/s1. The summed E-state index contributed by atoms with van der Waals surface area (Å²) in [6.45, 7) is 7.11. The van der Waals surface area contributed by atoms with Crippen LogP contribution in [0.4, 0.5) is 0 Å². The Bertz CT molecular complexity index is 857. The molecule has 0 aliphatic carbocycles. The van der Waals surface area contributed by atoms with Gasteiger partial charge in [0, 0.05) is 50.3 Å². The van der Waals surface area contributed by atoms with Gasteiger partial charge in [0.25, 0.3) is 0 Å². The Balaban J connectivity index is 1.71. The van der Waals surface area contributed by atoms with Gasteiger partial charge in [0.1, 0.15) is 17.9 Å². The van der Waals surface area contributed by atoms with Crippen LogP contribution in [-0.4, -0.2) is 56.6 Å². The first-order valence-electron chi connectivity index (χ1n) is 9.06. The van der Waals surface area contributed by atoms with Crippen molar-refractivity contribution in [3.63, 3.8) is 0 Å². The van der Waals surface area contributed by atoms with Gasteiger partial charge in [-0.05, 0) is 20.3 Å². The van der Waals surface area contributed by atoms with Crippen molar-refractivity contribution in [3.05, 3.63) is 34.2 Å². The zero-order valence-corrected chi connectivity index (χ0v) is 15.5. The first kappa shape index (κ1) is 17.0. The van der Waals surface area contributed by atoms with Gasteiger partial charge >= 0.3 is 0 Å². The van der Waals surface area contributed by atoms with Gasteiger partial charge in [0.05, 0.1) is 18.0 Å². The molecule has 26 heavy (non-hydrogen) atoms. The molecular formula is C18H25N7O. The Labute approximate surface area is 152 Å². The molecule has 0 amide bonds. The fourth-order valence-corrected chi connectivity index (χ4v) is 3.91. The van der Waals surface area contributed by atoms with Crippen LogP contribution < -0.4 is 0 Å². The van der Waals surface area contributed by atoms with Crippen molar-refractivity contribution in [1.82, 2.24) is 24.6 Å². The molecule has 8 heteroatoms. The van der Waals surface area contributed by atoms with Gasteiger partial charge in [0.15, 0.2) is 5.84 Å². The third-order valence-corrected chi connectivity index (χ3v) is 5.40. The highest BCUT2D eigenvalue weighted by molar-refractivity contribution is 6.01. The monoisotopic (exact) mass is 355 g/mol. The second-order valence-corrected chi connectivity index (χ2v) is 7.03. The second-order valence-electron chi connectivity index (χ2n) is 7.03. The van der Waals surface area contributed by atoms with E-state index in [0.717, 1.165) is 67.6 Å². The Morgan fingerprint density at radius 2 is 2.27 bits per heavy atom. The van der Waals surface area contributed by atoms with E-state index >= 15 is 0 Å². The number of aromatic nitrogens is 4. The van der Waals surface area contributed by atoms with E-state index in [9.17, 15) is 0 Å². The molecule has 0 aromatic carbocycles. The lowest BCUT2D eigenvalue weighted by atomic mass is 10.0. The summed E-state index contributed by atoms with van der Waals surface area (Å²) in [6.07, 6.45) is 2.97. The predicted octanol–water partition coefficient (Wildman–Crippen LogP) is 1.68. The topological polar surface area (TPSA) is 95.2 Å². The van der Waals surface area contributed by atoms with Gasteiger partial charge in [-0.25, -0.2) is 9.98 Å². The van der Waals surface area contributed by atoms with Crippen LogP contribution >= 0.6 is 0 Å². The highest BCUT2D eigenvalue weighted by atomic mass is 16.5. The van der Waals surface area contributed by atoms with Crippen LogP contribution in [0.2, 0.25) is 0 Å². The number of nitrogens with one attached hydrogen (secondary N) is 2. The fourth-order valence-electron chi connectivity index (χ4n) is 3.91. The summed E-state index contributed by atoms with van der Waals surface area (Å²) in [5.41, 5.74) is 5.54. The molecule has 4 heterocycles. The number of imidazole rings is 1. The van der Waals surface area contributed by atoms with E-state index in [-0.39, 0.29) is 0 Å². The molecule has 8 nitrogen and oxygen atoms in total. The number of hydrogen-bond acceptors (Lipinski definition) is 4. The number of aliphatic imine (C=N–C) groups is 1. The zero-order valence-electron chi connectivity index (χ0n) is 15.5. The van der Waals surface area contributed by atoms with E-state index in [1.165, 1.54) is 11.3 Å². The van der Waals surface area contributed by atoms with Gasteiger partial charge in [-0.15, -0.1) is 0 Å². The molecule has 0 radical (unpaired) electrons. The van der Waals surface area contributed by atoms with Crippen LogP contribution in [0.25, 0.3) is 0 Å². The molecule has 4 rings (SSSR count). The lowest BCUT2D eigenvalue weighted by Gasteiger charge is -2.29. The van der Waals surface area contributed by atoms with E-state index < -0.39 is 0 Å². The van der Waals surface area contributed by atoms with Gasteiger partial charge in [-0.1, -0.05) is 0 Å². The average molecular weight is 355 g/mol. The fraction of sp³-hybridized carbons (Fsp3) is 0.556. The maximum absolute atomic E-state index is 7.56. The molecule has 1 fully saturated rings. The van der Waals surface area contributed by atoms with Crippen molar-refractivity contribution >= 4 is 12.2 Å². The molecule has 0 saturated carbocycles. The lowest BCUT2D eigenvalue weighted by molar-refractivity contribution is 0.193. The minimum absolute atomic E-state index is 0.308. The smallest absolute Gasteiger partial charge is 0.158 e. The highest BCUT2D eigenvalue weighted by Gasteiger charge is 2.30. The molecule has 1 atom stereocenters. The quantitative estimate of drug-likeness (QED) is 0.647. The third kappa shape index (κ3) is 2.84. The molecule has 1 saturated heterocycles. The number of fused-ring (bicyclic) bond motifs is 1. The molecule has 2 aromatic rings. The summed E-state index contributed by atoms with van der Waals surface area (Å²) in [5.74, 6) is 1.94. The molecule has 2 N–H and O–H groups in total. The molecule has 2 aromatic heterocycles. The SMILES string of the molecule is Cc1nc(C(=NC=N)N2CCc3nn(C)c(C)c3C2)c([C@@H]2CCOC2)[nH]1.